The van der Waals surface area contributed by atoms with Crippen LogP contribution in [0, 0.1) is 6.92 Å². The minimum absolute atomic E-state index is 0.144. The molecule has 1 rings (SSSR count). The molecule has 0 aromatic heterocycles. The lowest BCUT2D eigenvalue weighted by atomic mass is 10.0. The second-order valence-corrected chi connectivity index (χ2v) is 5.91. The van der Waals surface area contributed by atoms with Crippen LogP contribution in [0.5, 0.6) is 0 Å². The fourth-order valence-electron chi connectivity index (χ4n) is 2.48. The van der Waals surface area contributed by atoms with Gasteiger partial charge in [-0.3, -0.25) is 4.79 Å². The largest absolute Gasteiger partial charge is 0.465 e. The van der Waals surface area contributed by atoms with Crippen LogP contribution in [-0.2, 0) is 22.4 Å². The smallest absolute Gasteiger partial charge is 0.305 e. The van der Waals surface area contributed by atoms with Crippen LogP contribution in [-0.4, -0.2) is 12.6 Å². The topological polar surface area (TPSA) is 26.3 Å². The lowest BCUT2D eigenvalue weighted by Crippen LogP contribution is -2.07. The maximum absolute atomic E-state index is 11.2. The van der Waals surface area contributed by atoms with Gasteiger partial charge in [0.05, 0.1) is 6.61 Å². The van der Waals surface area contributed by atoms with Crippen LogP contribution in [0.2, 0.25) is 0 Å². The summed E-state index contributed by atoms with van der Waals surface area (Å²) in [4.78, 5) is 11.2. The Kier molecular flexibility index (Phi) is 10.4. The van der Waals surface area contributed by atoms with Crippen molar-refractivity contribution in [3.63, 3.8) is 0 Å². The molecular weight excluding hydrogens is 272 g/mol. The highest BCUT2D eigenvalue weighted by atomic mass is 16.5. The van der Waals surface area contributed by atoms with E-state index in [1.165, 1.54) is 56.1 Å². The molecule has 0 fully saturated rings. The molecule has 0 heterocycles. The van der Waals surface area contributed by atoms with Crippen LogP contribution < -0.4 is 0 Å². The molecule has 0 amide bonds. The molecular formula is C20H31O2. The molecule has 1 radical (unpaired) electrons. The normalized spacial score (nSPS) is 10.6. The fraction of sp³-hybridized carbons (Fsp3) is 0.600. The van der Waals surface area contributed by atoms with Crippen molar-refractivity contribution in [2.24, 2.45) is 0 Å². The van der Waals surface area contributed by atoms with Crippen LogP contribution in [0.1, 0.15) is 69.4 Å². The van der Waals surface area contributed by atoms with Gasteiger partial charge in [0.15, 0.2) is 0 Å². The molecule has 0 bridgehead atoms. The van der Waals surface area contributed by atoms with E-state index in [1.54, 1.807) is 0 Å². The van der Waals surface area contributed by atoms with Crippen LogP contribution in [0.25, 0.3) is 0 Å². The molecule has 0 aliphatic heterocycles. The lowest BCUT2D eigenvalue weighted by Gasteiger charge is -2.06. The number of benzene rings is 1. The first kappa shape index (κ1) is 18.7. The van der Waals surface area contributed by atoms with Crippen molar-refractivity contribution >= 4 is 5.97 Å². The summed E-state index contributed by atoms with van der Waals surface area (Å²) in [6, 6.07) is 8.72. The lowest BCUT2D eigenvalue weighted by molar-refractivity contribution is -0.143. The van der Waals surface area contributed by atoms with Crippen molar-refractivity contribution in [1.29, 1.82) is 0 Å². The minimum atomic E-state index is -0.144. The molecule has 0 saturated heterocycles. The first-order valence-corrected chi connectivity index (χ1v) is 8.79. The summed E-state index contributed by atoms with van der Waals surface area (Å²) in [7, 11) is 0. The number of hydrogen-bond donors (Lipinski definition) is 0. The minimum Gasteiger partial charge on any atom is -0.465 e. The third-order valence-corrected chi connectivity index (χ3v) is 3.88. The van der Waals surface area contributed by atoms with Gasteiger partial charge in [0.25, 0.3) is 0 Å². The van der Waals surface area contributed by atoms with Gasteiger partial charge in [-0.1, -0.05) is 70.2 Å². The first-order valence-electron chi connectivity index (χ1n) is 8.79. The van der Waals surface area contributed by atoms with Crippen molar-refractivity contribution in [2.45, 2.75) is 71.1 Å². The van der Waals surface area contributed by atoms with E-state index in [2.05, 4.69) is 38.1 Å². The van der Waals surface area contributed by atoms with E-state index in [4.69, 9.17) is 4.74 Å². The number of ether oxygens (including phenoxy) is 1. The van der Waals surface area contributed by atoms with Crippen molar-refractivity contribution < 1.29 is 9.53 Å². The molecule has 1 aromatic rings. The van der Waals surface area contributed by atoms with Crippen LogP contribution in [0.3, 0.4) is 0 Å². The second kappa shape index (κ2) is 12.3. The Morgan fingerprint density at radius 2 is 1.55 bits per heavy atom. The molecule has 2 nitrogen and oxygen atoms in total. The third-order valence-electron chi connectivity index (χ3n) is 3.88. The summed E-state index contributed by atoms with van der Waals surface area (Å²) in [5.74, 6) is -0.144. The summed E-state index contributed by atoms with van der Waals surface area (Å²) in [5, 5.41) is 0. The summed E-state index contributed by atoms with van der Waals surface area (Å²) in [5.41, 5.74) is 2.64. The maximum atomic E-state index is 11.2. The van der Waals surface area contributed by atoms with Gasteiger partial charge in [-0.2, -0.15) is 0 Å². The number of carbonyl (C=O) groups excluding carboxylic acids is 1. The number of aryl methyl sites for hydroxylation is 1. The predicted molar refractivity (Wildman–Crippen MR) is 92.8 cm³/mol. The summed E-state index contributed by atoms with van der Waals surface area (Å²) >= 11 is 0. The van der Waals surface area contributed by atoms with E-state index in [0.717, 1.165) is 6.42 Å². The first-order chi connectivity index (χ1) is 10.8. The Balaban J connectivity index is 2.15. The molecule has 0 aliphatic rings. The van der Waals surface area contributed by atoms with Gasteiger partial charge in [-0.15, -0.1) is 0 Å². The summed E-state index contributed by atoms with van der Waals surface area (Å²) in [6.07, 6.45) is 11.0. The van der Waals surface area contributed by atoms with Crippen LogP contribution in [0.4, 0.5) is 0 Å². The van der Waals surface area contributed by atoms with Gasteiger partial charge < -0.3 is 4.74 Å². The number of carbonyl (C=O) groups is 1. The van der Waals surface area contributed by atoms with E-state index in [-0.39, 0.29) is 5.97 Å². The molecule has 0 N–H and O–H groups in total. The van der Waals surface area contributed by atoms with E-state index in [9.17, 15) is 4.79 Å². The maximum Gasteiger partial charge on any atom is 0.305 e. The average Bonchev–Trinajstić information content (AvgIpc) is 2.52. The Hall–Kier alpha value is -1.31. The molecule has 22 heavy (non-hydrogen) atoms. The summed E-state index contributed by atoms with van der Waals surface area (Å²) in [6.45, 7) is 6.37. The Morgan fingerprint density at radius 3 is 2.18 bits per heavy atom. The Morgan fingerprint density at radius 1 is 0.955 bits per heavy atom. The zero-order chi connectivity index (χ0) is 16.0. The van der Waals surface area contributed by atoms with E-state index < -0.39 is 0 Å². The van der Waals surface area contributed by atoms with Gasteiger partial charge in [-0.05, 0) is 30.4 Å². The van der Waals surface area contributed by atoms with Gasteiger partial charge in [-0.25, -0.2) is 0 Å². The standard InChI is InChI=1S/C20H31O2/c1-3-5-6-7-8-9-11-18-12-14-19(15-13-18)16-17-22-20(21)10-4-2/h12-15H,2-11,16-17H2,1H3. The fourth-order valence-corrected chi connectivity index (χ4v) is 2.48. The molecule has 2 heteroatoms. The van der Waals surface area contributed by atoms with Gasteiger partial charge in [0.2, 0.25) is 0 Å². The van der Waals surface area contributed by atoms with Crippen molar-refractivity contribution in [3.05, 3.63) is 42.3 Å². The molecule has 0 saturated carbocycles. The molecule has 123 valence electrons. The van der Waals surface area contributed by atoms with E-state index in [1.807, 2.05) is 0 Å². The van der Waals surface area contributed by atoms with Gasteiger partial charge in [0.1, 0.15) is 0 Å². The molecule has 0 spiro atoms. The number of rotatable bonds is 12. The molecule has 0 atom stereocenters. The Bertz CT molecular complexity index is 395. The molecule has 1 aromatic carbocycles. The zero-order valence-electron chi connectivity index (χ0n) is 14.1. The van der Waals surface area contributed by atoms with Crippen LogP contribution >= 0.6 is 0 Å². The SMILES string of the molecule is [CH2]CCC(=O)OCCc1ccc(CCCCCCCC)cc1. The highest BCUT2D eigenvalue weighted by molar-refractivity contribution is 5.69. The highest BCUT2D eigenvalue weighted by Crippen LogP contribution is 2.11. The van der Waals surface area contributed by atoms with Gasteiger partial charge >= 0.3 is 5.97 Å². The van der Waals surface area contributed by atoms with E-state index in [0.29, 0.717) is 19.4 Å². The van der Waals surface area contributed by atoms with Crippen molar-refractivity contribution in [2.75, 3.05) is 6.61 Å². The highest BCUT2D eigenvalue weighted by Gasteiger charge is 2.01. The molecule has 0 unspecified atom stereocenters. The monoisotopic (exact) mass is 303 g/mol. The number of unbranched alkanes of at least 4 members (excludes halogenated alkanes) is 5. The molecule has 0 aliphatic carbocycles. The van der Waals surface area contributed by atoms with E-state index >= 15 is 0 Å². The Labute approximate surface area is 136 Å². The zero-order valence-corrected chi connectivity index (χ0v) is 14.1. The number of hydrogen-bond acceptors (Lipinski definition) is 2. The predicted octanol–water partition coefficient (Wildman–Crippen LogP) is 5.29. The van der Waals surface area contributed by atoms with Gasteiger partial charge in [0, 0.05) is 12.8 Å². The van der Waals surface area contributed by atoms with Crippen molar-refractivity contribution in [1.82, 2.24) is 0 Å². The second-order valence-electron chi connectivity index (χ2n) is 5.91. The number of esters is 1. The quantitative estimate of drug-likeness (QED) is 0.387. The van der Waals surface area contributed by atoms with Crippen molar-refractivity contribution in [3.8, 4) is 0 Å². The average molecular weight is 303 g/mol. The van der Waals surface area contributed by atoms with Crippen LogP contribution in [0.15, 0.2) is 24.3 Å². The third kappa shape index (κ3) is 8.86. The summed E-state index contributed by atoms with van der Waals surface area (Å²) < 4.78 is 5.15.